The highest BCUT2D eigenvalue weighted by Gasteiger charge is 2.37. The molecule has 0 saturated carbocycles. The number of morpholine rings is 1. The Balaban J connectivity index is 1.99. The molecule has 0 atom stereocenters. The van der Waals surface area contributed by atoms with Gasteiger partial charge in [0.05, 0.1) is 24.3 Å². The molecule has 0 bridgehead atoms. The molecule has 128 valence electrons. The van der Waals surface area contributed by atoms with Crippen molar-refractivity contribution in [1.82, 2.24) is 0 Å². The van der Waals surface area contributed by atoms with Crippen LogP contribution in [0.3, 0.4) is 0 Å². The van der Waals surface area contributed by atoms with Crippen molar-refractivity contribution >= 4 is 17.3 Å². The van der Waals surface area contributed by atoms with Crippen LogP contribution in [0.25, 0.3) is 0 Å². The van der Waals surface area contributed by atoms with Crippen LogP contribution in [0.4, 0.5) is 10.1 Å². The van der Waals surface area contributed by atoms with E-state index in [1.807, 2.05) is 17.9 Å². The summed E-state index contributed by atoms with van der Waals surface area (Å²) in [5.74, 6) is -1.32. The Bertz CT molecular complexity index is 914. The lowest BCUT2D eigenvalue weighted by Gasteiger charge is -2.32. The summed E-state index contributed by atoms with van der Waals surface area (Å²) < 4.78 is 19.9. The Labute approximate surface area is 145 Å². The summed E-state index contributed by atoms with van der Waals surface area (Å²) in [4.78, 5) is 28.3. The minimum absolute atomic E-state index is 0.102. The standard InChI is InChI=1S/C20H18FNO3/c1-11-3-4-12(2)16-15(11)19(23)17-13(21)5-6-14(18(17)20(16)24)22-7-9-25-10-8-22/h3-6H,7-10H2,1-2H3. The van der Waals surface area contributed by atoms with Gasteiger partial charge in [0.2, 0.25) is 0 Å². The van der Waals surface area contributed by atoms with Crippen molar-refractivity contribution in [3.8, 4) is 0 Å². The van der Waals surface area contributed by atoms with Gasteiger partial charge in [0, 0.05) is 29.9 Å². The molecule has 1 heterocycles. The van der Waals surface area contributed by atoms with Crippen LogP contribution in [0.15, 0.2) is 24.3 Å². The van der Waals surface area contributed by atoms with E-state index in [0.29, 0.717) is 48.7 Å². The first-order chi connectivity index (χ1) is 12.0. The highest BCUT2D eigenvalue weighted by atomic mass is 19.1. The number of ketones is 2. The fourth-order valence-electron chi connectivity index (χ4n) is 3.73. The van der Waals surface area contributed by atoms with Gasteiger partial charge in [-0.25, -0.2) is 4.39 Å². The van der Waals surface area contributed by atoms with Gasteiger partial charge in [0.25, 0.3) is 0 Å². The molecule has 25 heavy (non-hydrogen) atoms. The lowest BCUT2D eigenvalue weighted by molar-refractivity contribution is 0.0973. The van der Waals surface area contributed by atoms with Crippen molar-refractivity contribution in [2.45, 2.75) is 13.8 Å². The SMILES string of the molecule is Cc1ccc(C)c2c1C(=O)c1c(F)ccc(N3CCOCC3)c1C2=O. The fourth-order valence-corrected chi connectivity index (χ4v) is 3.73. The monoisotopic (exact) mass is 339 g/mol. The van der Waals surface area contributed by atoms with Gasteiger partial charge in [0.1, 0.15) is 5.82 Å². The molecule has 2 aromatic carbocycles. The summed E-state index contributed by atoms with van der Waals surface area (Å²) in [6.45, 7) is 5.89. The third kappa shape index (κ3) is 2.30. The van der Waals surface area contributed by atoms with Gasteiger partial charge in [-0.1, -0.05) is 12.1 Å². The van der Waals surface area contributed by atoms with Crippen molar-refractivity contribution < 1.29 is 18.7 Å². The first-order valence-corrected chi connectivity index (χ1v) is 8.35. The second kappa shape index (κ2) is 5.77. The molecule has 0 unspecified atom stereocenters. The van der Waals surface area contributed by atoms with E-state index < -0.39 is 11.6 Å². The van der Waals surface area contributed by atoms with Crippen molar-refractivity contribution in [2.75, 3.05) is 31.2 Å². The second-order valence-electron chi connectivity index (χ2n) is 6.52. The normalized spacial score (nSPS) is 16.7. The maximum atomic E-state index is 14.6. The van der Waals surface area contributed by atoms with E-state index in [0.717, 1.165) is 5.56 Å². The Morgan fingerprint density at radius 3 is 2.00 bits per heavy atom. The van der Waals surface area contributed by atoms with E-state index in [9.17, 15) is 14.0 Å². The number of nitrogens with zero attached hydrogens (tertiary/aromatic N) is 1. The summed E-state index contributed by atoms with van der Waals surface area (Å²) in [6, 6.07) is 6.51. The summed E-state index contributed by atoms with van der Waals surface area (Å²) >= 11 is 0. The molecule has 4 nitrogen and oxygen atoms in total. The molecule has 0 N–H and O–H groups in total. The number of anilines is 1. The van der Waals surface area contributed by atoms with Gasteiger partial charge in [0.15, 0.2) is 11.6 Å². The first kappa shape index (κ1) is 16.0. The van der Waals surface area contributed by atoms with Gasteiger partial charge < -0.3 is 9.64 Å². The number of ether oxygens (including phenoxy) is 1. The zero-order chi connectivity index (χ0) is 17.7. The minimum Gasteiger partial charge on any atom is -0.378 e. The molecule has 0 aromatic heterocycles. The van der Waals surface area contributed by atoms with Crippen LogP contribution in [0.1, 0.15) is 43.0 Å². The molecular weight excluding hydrogens is 321 g/mol. The number of fused-ring (bicyclic) bond motifs is 2. The number of hydrogen-bond donors (Lipinski definition) is 0. The lowest BCUT2D eigenvalue weighted by Crippen LogP contribution is -2.38. The van der Waals surface area contributed by atoms with Gasteiger partial charge in [-0.05, 0) is 37.1 Å². The Hall–Kier alpha value is -2.53. The quantitative estimate of drug-likeness (QED) is 0.684. The van der Waals surface area contributed by atoms with Gasteiger partial charge in [-0.15, -0.1) is 0 Å². The zero-order valence-electron chi connectivity index (χ0n) is 14.2. The molecule has 0 amide bonds. The van der Waals surface area contributed by atoms with Gasteiger partial charge >= 0.3 is 0 Å². The predicted octanol–water partition coefficient (Wildman–Crippen LogP) is 3.05. The maximum absolute atomic E-state index is 14.6. The van der Waals surface area contributed by atoms with Crippen molar-refractivity contribution in [1.29, 1.82) is 0 Å². The van der Waals surface area contributed by atoms with E-state index >= 15 is 0 Å². The largest absolute Gasteiger partial charge is 0.378 e. The van der Waals surface area contributed by atoms with Crippen molar-refractivity contribution in [3.05, 3.63) is 63.5 Å². The molecule has 0 spiro atoms. The lowest BCUT2D eigenvalue weighted by atomic mass is 9.79. The molecule has 2 aromatic rings. The molecular formula is C20H18FNO3. The highest BCUT2D eigenvalue weighted by molar-refractivity contribution is 6.31. The third-order valence-corrected chi connectivity index (χ3v) is 5.01. The van der Waals surface area contributed by atoms with Crippen LogP contribution in [-0.4, -0.2) is 37.9 Å². The van der Waals surface area contributed by atoms with Crippen molar-refractivity contribution in [2.24, 2.45) is 0 Å². The number of hydrogen-bond acceptors (Lipinski definition) is 4. The number of carbonyl (C=O) groups excluding carboxylic acids is 2. The highest BCUT2D eigenvalue weighted by Crippen LogP contribution is 2.37. The van der Waals surface area contributed by atoms with Crippen LogP contribution in [0, 0.1) is 19.7 Å². The Morgan fingerprint density at radius 1 is 0.840 bits per heavy atom. The second-order valence-corrected chi connectivity index (χ2v) is 6.52. The van der Waals surface area contributed by atoms with E-state index in [4.69, 9.17) is 4.74 Å². The molecule has 0 radical (unpaired) electrons. The average molecular weight is 339 g/mol. The summed E-state index contributed by atoms with van der Waals surface area (Å²) in [5, 5.41) is 0. The average Bonchev–Trinajstić information content (AvgIpc) is 2.62. The molecule has 1 aliphatic carbocycles. The predicted molar refractivity (Wildman–Crippen MR) is 92.2 cm³/mol. The topological polar surface area (TPSA) is 46.6 Å². The van der Waals surface area contributed by atoms with Gasteiger partial charge in [-0.2, -0.15) is 0 Å². The maximum Gasteiger partial charge on any atom is 0.197 e. The fraction of sp³-hybridized carbons (Fsp3) is 0.300. The number of halogens is 1. The molecule has 4 rings (SSSR count). The molecule has 2 aliphatic rings. The number of benzene rings is 2. The van der Waals surface area contributed by atoms with Crippen LogP contribution < -0.4 is 4.90 Å². The molecule has 1 fully saturated rings. The van der Waals surface area contributed by atoms with E-state index in [2.05, 4.69) is 0 Å². The smallest absolute Gasteiger partial charge is 0.197 e. The van der Waals surface area contributed by atoms with E-state index in [1.165, 1.54) is 6.07 Å². The van der Waals surface area contributed by atoms with E-state index in [-0.39, 0.29) is 16.9 Å². The number of aryl methyl sites for hydroxylation is 2. The van der Waals surface area contributed by atoms with Crippen LogP contribution in [0.5, 0.6) is 0 Å². The first-order valence-electron chi connectivity index (χ1n) is 8.35. The minimum atomic E-state index is -0.642. The number of carbonyl (C=O) groups is 2. The summed E-state index contributed by atoms with van der Waals surface area (Å²) in [7, 11) is 0. The van der Waals surface area contributed by atoms with Gasteiger partial charge in [-0.3, -0.25) is 9.59 Å². The van der Waals surface area contributed by atoms with Crippen LogP contribution >= 0.6 is 0 Å². The summed E-state index contributed by atoms with van der Waals surface area (Å²) in [5.41, 5.74) is 2.86. The zero-order valence-corrected chi connectivity index (χ0v) is 14.2. The molecule has 1 saturated heterocycles. The molecule has 5 heteroatoms. The van der Waals surface area contributed by atoms with Crippen LogP contribution in [0.2, 0.25) is 0 Å². The van der Waals surface area contributed by atoms with E-state index in [1.54, 1.807) is 19.1 Å². The Kier molecular flexibility index (Phi) is 3.69. The molecule has 1 aliphatic heterocycles. The van der Waals surface area contributed by atoms with Crippen molar-refractivity contribution in [3.63, 3.8) is 0 Å². The van der Waals surface area contributed by atoms with Crippen LogP contribution in [-0.2, 0) is 4.74 Å². The summed E-state index contributed by atoms with van der Waals surface area (Å²) in [6.07, 6.45) is 0. The third-order valence-electron chi connectivity index (χ3n) is 5.01. The Morgan fingerprint density at radius 2 is 1.40 bits per heavy atom. The number of rotatable bonds is 1.